The van der Waals surface area contributed by atoms with Crippen LogP contribution in [0, 0.1) is 0 Å². The van der Waals surface area contributed by atoms with Crippen LogP contribution in [0.5, 0.6) is 0 Å². The minimum atomic E-state index is -0.684. The van der Waals surface area contributed by atoms with Crippen molar-refractivity contribution in [1.82, 2.24) is 15.0 Å². The van der Waals surface area contributed by atoms with Crippen molar-refractivity contribution in [2.75, 3.05) is 7.11 Å². The number of esters is 1. The van der Waals surface area contributed by atoms with Crippen LogP contribution in [0.3, 0.4) is 0 Å². The summed E-state index contributed by atoms with van der Waals surface area (Å²) in [5.41, 5.74) is 5.10. The number of hydrogen-bond donors (Lipinski definition) is 2. The molecule has 0 atom stereocenters. The standard InChI is InChI=1S/C10H15N3O3.C6H13N/c1-16-10(15)8-9(14)13(12-11-8)7-5-3-2-4-6-7;7-6-4-2-1-3-5-6/h7,12H,2-6H2,1H3;6H,1-5,7H2. The molecule has 2 saturated carbocycles. The van der Waals surface area contributed by atoms with Crippen LogP contribution in [0.15, 0.2) is 4.79 Å². The zero-order valence-electron chi connectivity index (χ0n) is 13.9. The number of carbonyl (C=O) groups is 1. The fraction of sp³-hybridized carbons (Fsp3) is 0.812. The van der Waals surface area contributed by atoms with Crippen LogP contribution in [0.25, 0.3) is 0 Å². The molecule has 0 amide bonds. The lowest BCUT2D eigenvalue weighted by Crippen LogP contribution is -2.27. The second-order valence-corrected chi connectivity index (χ2v) is 6.42. The van der Waals surface area contributed by atoms with Gasteiger partial charge in [0.25, 0.3) is 0 Å². The first-order valence-corrected chi connectivity index (χ1v) is 8.64. The number of nitrogens with two attached hydrogens (primary N) is 1. The van der Waals surface area contributed by atoms with Crippen molar-refractivity contribution in [3.8, 4) is 0 Å². The van der Waals surface area contributed by atoms with Gasteiger partial charge in [0.05, 0.1) is 13.2 Å². The average Bonchev–Trinajstić information content (AvgIpc) is 2.98. The number of H-pyrrole nitrogens is 1. The summed E-state index contributed by atoms with van der Waals surface area (Å²) in [5, 5.41) is 6.32. The van der Waals surface area contributed by atoms with E-state index in [1.807, 2.05) is 0 Å². The molecule has 1 aromatic heterocycles. The van der Waals surface area contributed by atoms with Gasteiger partial charge in [-0.3, -0.25) is 4.79 Å². The van der Waals surface area contributed by atoms with Crippen molar-refractivity contribution < 1.29 is 9.53 Å². The molecule has 3 rings (SSSR count). The first kappa shape index (κ1) is 17.7. The van der Waals surface area contributed by atoms with E-state index in [0.717, 1.165) is 25.7 Å². The highest BCUT2D eigenvalue weighted by molar-refractivity contribution is 5.86. The first-order chi connectivity index (χ1) is 11.1. The smallest absolute Gasteiger partial charge is 0.364 e. The molecule has 0 radical (unpaired) electrons. The molecule has 2 fully saturated rings. The van der Waals surface area contributed by atoms with Gasteiger partial charge in [-0.05, 0) is 25.7 Å². The largest absolute Gasteiger partial charge is 0.464 e. The lowest BCUT2D eigenvalue weighted by Gasteiger charge is -2.21. The third kappa shape index (κ3) is 4.92. The Labute approximate surface area is 136 Å². The molecule has 7 nitrogen and oxygen atoms in total. The van der Waals surface area contributed by atoms with Crippen LogP contribution in [-0.2, 0) is 4.74 Å². The molecule has 0 bridgehead atoms. The maximum Gasteiger partial charge on any atom is 0.364 e. The lowest BCUT2D eigenvalue weighted by atomic mass is 9.96. The molecule has 130 valence electrons. The van der Waals surface area contributed by atoms with Crippen LogP contribution in [0.1, 0.15) is 80.7 Å². The van der Waals surface area contributed by atoms with Crippen molar-refractivity contribution in [3.05, 3.63) is 16.0 Å². The topological polar surface area (TPSA) is 103 Å². The third-order valence-corrected chi connectivity index (χ3v) is 4.66. The molecule has 3 N–H and O–H groups in total. The fourth-order valence-electron chi connectivity index (χ4n) is 3.26. The predicted molar refractivity (Wildman–Crippen MR) is 87.4 cm³/mol. The summed E-state index contributed by atoms with van der Waals surface area (Å²) in [6, 6.07) is 0.681. The third-order valence-electron chi connectivity index (χ3n) is 4.66. The Bertz CT molecular complexity index is 540. The Morgan fingerprint density at radius 3 is 2.17 bits per heavy atom. The molecule has 23 heavy (non-hydrogen) atoms. The normalized spacial score (nSPS) is 19.7. The molecule has 2 aliphatic rings. The Balaban J connectivity index is 0.000000229. The Hall–Kier alpha value is -1.63. The van der Waals surface area contributed by atoms with E-state index in [4.69, 9.17) is 5.73 Å². The number of nitrogens with one attached hydrogen (secondary N) is 1. The maximum absolute atomic E-state index is 11.8. The highest BCUT2D eigenvalue weighted by atomic mass is 16.5. The number of aromatic amines is 1. The summed E-state index contributed by atoms with van der Waals surface area (Å²) in [6.45, 7) is 0. The van der Waals surface area contributed by atoms with Gasteiger partial charge in [0.15, 0.2) is 0 Å². The molecular weight excluding hydrogens is 296 g/mol. The van der Waals surface area contributed by atoms with Gasteiger partial charge in [0.2, 0.25) is 5.69 Å². The average molecular weight is 324 g/mol. The number of hydrogen-bond acceptors (Lipinski definition) is 5. The highest BCUT2D eigenvalue weighted by Gasteiger charge is 2.23. The zero-order chi connectivity index (χ0) is 16.7. The van der Waals surface area contributed by atoms with E-state index in [-0.39, 0.29) is 17.3 Å². The number of ether oxygens (including phenoxy) is 1. The van der Waals surface area contributed by atoms with E-state index in [9.17, 15) is 9.59 Å². The summed E-state index contributed by atoms with van der Waals surface area (Å²) in [4.78, 5) is 23.0. The molecule has 7 heteroatoms. The van der Waals surface area contributed by atoms with Gasteiger partial charge < -0.3 is 10.5 Å². The van der Waals surface area contributed by atoms with Gasteiger partial charge >= 0.3 is 11.5 Å². The molecule has 0 aromatic carbocycles. The Morgan fingerprint density at radius 1 is 1.13 bits per heavy atom. The van der Waals surface area contributed by atoms with Crippen molar-refractivity contribution in [3.63, 3.8) is 0 Å². The monoisotopic (exact) mass is 324 g/mol. The van der Waals surface area contributed by atoms with Crippen molar-refractivity contribution in [2.24, 2.45) is 5.73 Å². The zero-order valence-corrected chi connectivity index (χ0v) is 13.9. The van der Waals surface area contributed by atoms with Gasteiger partial charge in [-0.1, -0.05) is 38.5 Å². The fourth-order valence-corrected chi connectivity index (χ4v) is 3.26. The van der Waals surface area contributed by atoms with Gasteiger partial charge in [0.1, 0.15) is 0 Å². The van der Waals surface area contributed by atoms with Crippen LogP contribution in [-0.4, -0.2) is 34.1 Å². The molecule has 1 heterocycles. The summed E-state index contributed by atoms with van der Waals surface area (Å²) in [6.07, 6.45) is 12.0. The number of carbonyl (C=O) groups excluding carboxylic acids is 1. The summed E-state index contributed by atoms with van der Waals surface area (Å²) in [5.74, 6) is -0.684. The summed E-state index contributed by atoms with van der Waals surface area (Å²) >= 11 is 0. The molecule has 1 aromatic rings. The predicted octanol–water partition coefficient (Wildman–Crippen LogP) is 2.14. The number of aromatic nitrogens is 3. The number of methoxy groups -OCH3 is 1. The van der Waals surface area contributed by atoms with E-state index in [0.29, 0.717) is 6.04 Å². The molecule has 0 saturated heterocycles. The minimum absolute atomic E-state index is 0.146. The molecule has 0 spiro atoms. The van der Waals surface area contributed by atoms with E-state index in [1.165, 1.54) is 50.3 Å². The van der Waals surface area contributed by atoms with E-state index in [2.05, 4.69) is 15.0 Å². The lowest BCUT2D eigenvalue weighted by molar-refractivity contribution is 0.0592. The molecular formula is C16H28N4O3. The van der Waals surface area contributed by atoms with Gasteiger partial charge in [-0.2, -0.15) is 0 Å². The second kappa shape index (κ2) is 8.86. The van der Waals surface area contributed by atoms with Gasteiger partial charge in [-0.15, -0.1) is 5.10 Å². The maximum atomic E-state index is 11.8. The van der Waals surface area contributed by atoms with Gasteiger partial charge in [-0.25, -0.2) is 14.7 Å². The Kier molecular flexibility index (Phi) is 6.83. The molecule has 0 aliphatic heterocycles. The van der Waals surface area contributed by atoms with Crippen LogP contribution >= 0.6 is 0 Å². The quantitative estimate of drug-likeness (QED) is 0.811. The van der Waals surface area contributed by atoms with Crippen LogP contribution in [0.2, 0.25) is 0 Å². The highest BCUT2D eigenvalue weighted by Crippen LogP contribution is 2.26. The number of nitrogens with zero attached hydrogens (tertiary/aromatic N) is 2. The molecule has 0 unspecified atom stereocenters. The Morgan fingerprint density at radius 2 is 1.70 bits per heavy atom. The van der Waals surface area contributed by atoms with E-state index < -0.39 is 5.97 Å². The second-order valence-electron chi connectivity index (χ2n) is 6.42. The number of rotatable bonds is 2. The SMILES string of the molecule is COC(=O)c1n[nH]n(C2CCCCC2)c1=O.NC1CCCCC1. The molecule has 2 aliphatic carbocycles. The minimum Gasteiger partial charge on any atom is -0.464 e. The van der Waals surface area contributed by atoms with E-state index >= 15 is 0 Å². The van der Waals surface area contributed by atoms with Crippen molar-refractivity contribution in [2.45, 2.75) is 76.3 Å². The first-order valence-electron chi connectivity index (χ1n) is 8.64. The van der Waals surface area contributed by atoms with Crippen molar-refractivity contribution in [1.29, 1.82) is 0 Å². The van der Waals surface area contributed by atoms with Crippen LogP contribution in [0.4, 0.5) is 0 Å². The summed E-state index contributed by atoms with van der Waals surface area (Å²) in [7, 11) is 1.24. The van der Waals surface area contributed by atoms with Gasteiger partial charge in [0, 0.05) is 6.04 Å². The van der Waals surface area contributed by atoms with Crippen LogP contribution < -0.4 is 11.3 Å². The van der Waals surface area contributed by atoms with Crippen molar-refractivity contribution >= 4 is 5.97 Å². The van der Waals surface area contributed by atoms with E-state index in [1.54, 1.807) is 0 Å². The summed E-state index contributed by atoms with van der Waals surface area (Å²) < 4.78 is 5.93.